The maximum absolute atomic E-state index is 14.4. The molecule has 2 atom stereocenters. The summed E-state index contributed by atoms with van der Waals surface area (Å²) >= 11 is 0. The van der Waals surface area contributed by atoms with E-state index in [1.807, 2.05) is 91.0 Å². The van der Waals surface area contributed by atoms with Crippen LogP contribution in [0.25, 0.3) is 0 Å². The predicted molar refractivity (Wildman–Crippen MR) is 130 cm³/mol. The maximum atomic E-state index is 14.4. The lowest BCUT2D eigenvalue weighted by Crippen LogP contribution is -2.55. The molecule has 1 saturated carbocycles. The molecular weight excluding hydrogens is 426 g/mol. The molecule has 5 heteroatoms. The highest BCUT2D eigenvalue weighted by atomic mass is 16.5. The minimum absolute atomic E-state index is 0.111. The van der Waals surface area contributed by atoms with Gasteiger partial charge in [-0.15, -0.1) is 0 Å². The molecule has 0 aromatic heterocycles. The van der Waals surface area contributed by atoms with Crippen molar-refractivity contribution in [3.8, 4) is 0 Å². The highest BCUT2D eigenvalue weighted by Crippen LogP contribution is 2.40. The predicted octanol–water partition coefficient (Wildman–Crippen LogP) is 4.44. The van der Waals surface area contributed by atoms with E-state index in [1.165, 1.54) is 7.11 Å². The van der Waals surface area contributed by atoms with Gasteiger partial charge in [-0.3, -0.25) is 9.59 Å². The molecule has 1 amide bonds. The average Bonchev–Trinajstić information content (AvgIpc) is 2.89. The van der Waals surface area contributed by atoms with Gasteiger partial charge in [-0.05, 0) is 35.4 Å². The number of nitrogens with one attached hydrogen (secondary N) is 1. The lowest BCUT2D eigenvalue weighted by Gasteiger charge is -2.37. The van der Waals surface area contributed by atoms with Crippen LogP contribution in [0.4, 0.5) is 0 Å². The van der Waals surface area contributed by atoms with Gasteiger partial charge in [0.25, 0.3) is 0 Å². The van der Waals surface area contributed by atoms with Crippen LogP contribution in [0.3, 0.4) is 0 Å². The summed E-state index contributed by atoms with van der Waals surface area (Å²) in [6, 6.07) is 27.8. The summed E-state index contributed by atoms with van der Waals surface area (Å²) in [4.78, 5) is 39.4. The van der Waals surface area contributed by atoms with Gasteiger partial charge in [0, 0.05) is 12.8 Å². The van der Waals surface area contributed by atoms with Crippen LogP contribution >= 0.6 is 0 Å². The summed E-state index contributed by atoms with van der Waals surface area (Å²) < 4.78 is 5.07. The fraction of sp³-hybridized carbons (Fsp3) is 0.276. The molecule has 1 aliphatic carbocycles. The Kier molecular flexibility index (Phi) is 7.21. The summed E-state index contributed by atoms with van der Waals surface area (Å²) in [7, 11) is 1.31. The first-order valence-corrected chi connectivity index (χ1v) is 11.6. The van der Waals surface area contributed by atoms with E-state index < -0.39 is 17.4 Å². The highest BCUT2D eigenvalue weighted by Gasteiger charge is 2.46. The first-order chi connectivity index (χ1) is 16.6. The monoisotopic (exact) mass is 455 g/mol. The van der Waals surface area contributed by atoms with Gasteiger partial charge in [-0.1, -0.05) is 91.0 Å². The van der Waals surface area contributed by atoms with Crippen molar-refractivity contribution in [2.24, 2.45) is 5.92 Å². The molecule has 0 unspecified atom stereocenters. The van der Waals surface area contributed by atoms with Crippen molar-refractivity contribution in [1.29, 1.82) is 0 Å². The van der Waals surface area contributed by atoms with Crippen LogP contribution in [0.5, 0.6) is 0 Å². The fourth-order valence-electron chi connectivity index (χ4n) is 5.05. The van der Waals surface area contributed by atoms with Gasteiger partial charge < -0.3 is 10.1 Å². The molecule has 4 rings (SSSR count). The number of methoxy groups -OCH3 is 1. The quantitative estimate of drug-likeness (QED) is 0.422. The molecule has 3 aromatic carbocycles. The van der Waals surface area contributed by atoms with E-state index in [9.17, 15) is 14.4 Å². The van der Waals surface area contributed by atoms with Gasteiger partial charge in [0.2, 0.25) is 5.91 Å². The Morgan fingerprint density at radius 1 is 0.853 bits per heavy atom. The molecular formula is C29H29NO4. The Morgan fingerprint density at radius 3 is 1.74 bits per heavy atom. The van der Waals surface area contributed by atoms with Gasteiger partial charge in [0.05, 0.1) is 7.11 Å². The van der Waals surface area contributed by atoms with Crippen LogP contribution in [-0.2, 0) is 24.5 Å². The summed E-state index contributed by atoms with van der Waals surface area (Å²) in [6.45, 7) is 0. The molecule has 0 saturated heterocycles. The molecule has 0 radical (unpaired) electrons. The molecule has 174 valence electrons. The normalized spacial score (nSPS) is 17.0. The number of hydrogen-bond donors (Lipinski definition) is 1. The van der Waals surface area contributed by atoms with E-state index in [4.69, 9.17) is 4.74 Å². The number of amides is 1. The van der Waals surface area contributed by atoms with E-state index in [0.717, 1.165) is 16.7 Å². The fourth-order valence-corrected chi connectivity index (χ4v) is 5.05. The zero-order chi connectivity index (χ0) is 24.0. The minimum Gasteiger partial charge on any atom is -0.467 e. The zero-order valence-electron chi connectivity index (χ0n) is 19.3. The van der Waals surface area contributed by atoms with Crippen LogP contribution in [0.2, 0.25) is 0 Å². The Labute approximate surface area is 200 Å². The smallest absolute Gasteiger partial charge is 0.328 e. The van der Waals surface area contributed by atoms with Crippen molar-refractivity contribution in [3.63, 3.8) is 0 Å². The van der Waals surface area contributed by atoms with E-state index in [2.05, 4.69) is 5.32 Å². The van der Waals surface area contributed by atoms with Crippen molar-refractivity contribution in [1.82, 2.24) is 5.32 Å². The second-order valence-electron chi connectivity index (χ2n) is 8.72. The van der Waals surface area contributed by atoms with Gasteiger partial charge in [0.1, 0.15) is 17.2 Å². The van der Waals surface area contributed by atoms with Crippen molar-refractivity contribution in [3.05, 3.63) is 108 Å². The number of carbonyl (C=O) groups excluding carboxylic acids is 3. The third-order valence-electron chi connectivity index (χ3n) is 6.69. The number of Topliss-reactive ketones (excluding diaryl/α,β-unsaturated/α-hetero) is 1. The number of hydrogen-bond acceptors (Lipinski definition) is 4. The first kappa shape index (κ1) is 23.4. The van der Waals surface area contributed by atoms with E-state index >= 15 is 0 Å². The SMILES string of the molecule is COC(=O)[C@@H](NC(=O)C(c1ccccc1)(c1ccccc1)c1ccccc1)[C@@H]1CCCC(=O)C1. The van der Waals surface area contributed by atoms with Crippen molar-refractivity contribution in [2.45, 2.75) is 37.1 Å². The molecule has 1 fully saturated rings. The number of rotatable bonds is 7. The number of ether oxygens (including phenoxy) is 1. The molecule has 1 N–H and O–H groups in total. The number of esters is 1. The standard InChI is InChI=1S/C29H29NO4/c1-34-27(32)26(21-12-11-19-25(31)20-21)30-28(33)29(22-13-5-2-6-14-22,23-15-7-3-8-16-23)24-17-9-4-10-18-24/h2-10,13-18,21,26H,11-12,19-20H2,1H3,(H,30,33)/t21-,26+/m1/s1. The lowest BCUT2D eigenvalue weighted by molar-refractivity contribution is -0.148. The van der Waals surface area contributed by atoms with Crippen LogP contribution in [0, 0.1) is 5.92 Å². The van der Waals surface area contributed by atoms with Crippen LogP contribution in [0.15, 0.2) is 91.0 Å². The van der Waals surface area contributed by atoms with Crippen molar-refractivity contribution in [2.75, 3.05) is 7.11 Å². The number of ketones is 1. The Bertz CT molecular complexity index is 1030. The minimum atomic E-state index is -1.20. The summed E-state index contributed by atoms with van der Waals surface area (Å²) in [6.07, 6.45) is 2.16. The molecule has 5 nitrogen and oxygen atoms in total. The average molecular weight is 456 g/mol. The van der Waals surface area contributed by atoms with Gasteiger partial charge >= 0.3 is 5.97 Å². The number of carbonyl (C=O) groups is 3. The molecule has 34 heavy (non-hydrogen) atoms. The van der Waals surface area contributed by atoms with Crippen molar-refractivity contribution < 1.29 is 19.1 Å². The van der Waals surface area contributed by atoms with Crippen LogP contribution < -0.4 is 5.32 Å². The third-order valence-corrected chi connectivity index (χ3v) is 6.69. The largest absolute Gasteiger partial charge is 0.467 e. The Balaban J connectivity index is 1.86. The molecule has 0 bridgehead atoms. The first-order valence-electron chi connectivity index (χ1n) is 11.6. The van der Waals surface area contributed by atoms with Crippen LogP contribution in [0.1, 0.15) is 42.4 Å². The van der Waals surface area contributed by atoms with Gasteiger partial charge in [-0.25, -0.2) is 4.79 Å². The maximum Gasteiger partial charge on any atom is 0.328 e. The molecule has 1 aliphatic rings. The zero-order valence-corrected chi connectivity index (χ0v) is 19.3. The van der Waals surface area contributed by atoms with E-state index in [-0.39, 0.29) is 24.0 Å². The molecule has 3 aromatic rings. The molecule has 0 heterocycles. The van der Waals surface area contributed by atoms with Gasteiger partial charge in [0.15, 0.2) is 0 Å². The topological polar surface area (TPSA) is 72.5 Å². The second-order valence-corrected chi connectivity index (χ2v) is 8.72. The second kappa shape index (κ2) is 10.5. The summed E-state index contributed by atoms with van der Waals surface area (Å²) in [5.41, 5.74) is 1.16. The highest BCUT2D eigenvalue weighted by molar-refractivity contribution is 5.98. The van der Waals surface area contributed by atoms with E-state index in [1.54, 1.807) is 0 Å². The lowest BCUT2D eigenvalue weighted by atomic mass is 9.68. The summed E-state index contributed by atoms with van der Waals surface area (Å²) in [5.74, 6) is -1.04. The van der Waals surface area contributed by atoms with Gasteiger partial charge in [-0.2, -0.15) is 0 Å². The molecule has 0 spiro atoms. The van der Waals surface area contributed by atoms with Crippen molar-refractivity contribution >= 4 is 17.7 Å². The third kappa shape index (κ3) is 4.51. The Morgan fingerprint density at radius 2 is 1.32 bits per heavy atom. The Hall–Kier alpha value is -3.73. The molecule has 0 aliphatic heterocycles. The summed E-state index contributed by atoms with van der Waals surface area (Å²) in [5, 5.41) is 3.03. The van der Waals surface area contributed by atoms with Crippen LogP contribution in [-0.4, -0.2) is 30.8 Å². The van der Waals surface area contributed by atoms with E-state index in [0.29, 0.717) is 19.3 Å². The number of benzene rings is 3.